The number of primary amides is 1. The minimum atomic E-state index is -0.432. The lowest BCUT2D eigenvalue weighted by Gasteiger charge is -2.05. The number of hydrogen-bond acceptors (Lipinski definition) is 3. The maximum atomic E-state index is 11.0. The lowest BCUT2D eigenvalue weighted by atomic mass is 10.2. The van der Waals surface area contributed by atoms with Crippen LogP contribution in [0.1, 0.15) is 41.6 Å². The fourth-order valence-electron chi connectivity index (χ4n) is 1.96. The largest absolute Gasteiger partial charge is 0.379 e. The van der Waals surface area contributed by atoms with Crippen molar-refractivity contribution in [2.45, 2.75) is 32.7 Å². The third-order valence-corrected chi connectivity index (χ3v) is 3.50. The number of imidazole rings is 1. The molecule has 1 heterocycles. The molecule has 0 radical (unpaired) electrons. The summed E-state index contributed by atoms with van der Waals surface area (Å²) in [6.45, 7) is 2.69. The van der Waals surface area contributed by atoms with Crippen LogP contribution in [0.3, 0.4) is 0 Å². The highest BCUT2D eigenvalue weighted by atomic mass is 35.5. The van der Waals surface area contributed by atoms with Gasteiger partial charge in [0.2, 0.25) is 5.91 Å². The Bertz CT molecular complexity index is 607. The molecule has 0 bridgehead atoms. The topological polar surface area (TPSA) is 83.8 Å². The first-order chi connectivity index (χ1) is 10.1. The molecule has 112 valence electrons. The van der Waals surface area contributed by atoms with Gasteiger partial charge in [-0.15, -0.1) is 0 Å². The summed E-state index contributed by atoms with van der Waals surface area (Å²) in [6, 6.07) is 6.99. The highest BCUT2D eigenvalue weighted by molar-refractivity contribution is 6.30. The molecule has 6 heteroatoms. The average Bonchev–Trinajstić information content (AvgIpc) is 2.83. The number of hydrogen-bond donors (Lipinski definition) is 3. The van der Waals surface area contributed by atoms with E-state index in [0.29, 0.717) is 17.3 Å². The molecule has 1 aromatic carbocycles. The predicted molar refractivity (Wildman–Crippen MR) is 84.5 cm³/mol. The summed E-state index contributed by atoms with van der Waals surface area (Å²) in [5.41, 5.74) is 7.44. The maximum absolute atomic E-state index is 11.0. The molecule has 0 aliphatic heterocycles. The third-order valence-electron chi connectivity index (χ3n) is 3.18. The van der Waals surface area contributed by atoms with E-state index in [0.717, 1.165) is 36.5 Å². The van der Waals surface area contributed by atoms with Gasteiger partial charge in [-0.25, -0.2) is 4.98 Å². The van der Waals surface area contributed by atoms with Gasteiger partial charge in [0.1, 0.15) is 5.82 Å². The fourth-order valence-corrected chi connectivity index (χ4v) is 2.18. The van der Waals surface area contributed by atoms with Crippen molar-refractivity contribution in [1.29, 1.82) is 0 Å². The van der Waals surface area contributed by atoms with Gasteiger partial charge >= 0.3 is 0 Å². The summed E-state index contributed by atoms with van der Waals surface area (Å²) >= 11 is 6.11. The van der Waals surface area contributed by atoms with Crippen molar-refractivity contribution in [3.05, 3.63) is 46.5 Å². The second kappa shape index (κ2) is 7.13. The zero-order valence-electron chi connectivity index (χ0n) is 11.9. The van der Waals surface area contributed by atoms with Crippen LogP contribution in [0.2, 0.25) is 5.15 Å². The number of carbonyl (C=O) groups is 1. The predicted octanol–water partition coefficient (Wildman–Crippen LogP) is 3.12. The molecule has 21 heavy (non-hydrogen) atoms. The number of anilines is 1. The molecule has 1 amide bonds. The van der Waals surface area contributed by atoms with Gasteiger partial charge in [-0.05, 0) is 30.7 Å². The van der Waals surface area contributed by atoms with E-state index in [-0.39, 0.29) is 0 Å². The highest BCUT2D eigenvalue weighted by Gasteiger charge is 2.08. The van der Waals surface area contributed by atoms with Crippen LogP contribution in [0.5, 0.6) is 0 Å². The number of halogens is 1. The number of carbonyl (C=O) groups excluding carboxylic acids is 1. The third kappa shape index (κ3) is 4.23. The maximum Gasteiger partial charge on any atom is 0.248 e. The molecule has 0 spiro atoms. The first-order valence-electron chi connectivity index (χ1n) is 6.97. The number of unbranched alkanes of at least 4 members (excludes halogenated alkanes) is 1. The van der Waals surface area contributed by atoms with Crippen LogP contribution in [0.15, 0.2) is 24.3 Å². The first kappa shape index (κ1) is 15.4. The molecule has 0 atom stereocenters. The number of benzene rings is 1. The fraction of sp³-hybridized carbons (Fsp3) is 0.333. The number of aromatic nitrogens is 2. The van der Waals surface area contributed by atoms with Gasteiger partial charge in [0.15, 0.2) is 5.15 Å². The second-order valence-electron chi connectivity index (χ2n) is 4.85. The zero-order valence-corrected chi connectivity index (χ0v) is 12.7. The quantitative estimate of drug-likeness (QED) is 0.735. The monoisotopic (exact) mass is 306 g/mol. The molecule has 0 fully saturated rings. The van der Waals surface area contributed by atoms with Crippen molar-refractivity contribution < 1.29 is 4.79 Å². The van der Waals surface area contributed by atoms with E-state index >= 15 is 0 Å². The van der Waals surface area contributed by atoms with Crippen molar-refractivity contribution in [2.24, 2.45) is 5.73 Å². The Morgan fingerprint density at radius 1 is 1.38 bits per heavy atom. The molecule has 4 N–H and O–H groups in total. The molecular formula is C15H19ClN4O. The molecule has 0 unspecified atom stereocenters. The van der Waals surface area contributed by atoms with Crippen LogP contribution in [0, 0.1) is 0 Å². The van der Waals surface area contributed by atoms with Gasteiger partial charge in [-0.1, -0.05) is 24.9 Å². The summed E-state index contributed by atoms with van der Waals surface area (Å²) < 4.78 is 0. The van der Waals surface area contributed by atoms with E-state index in [2.05, 4.69) is 22.2 Å². The standard InChI is InChI=1S/C15H19ClN4O/c1-2-3-4-13-19-12(14(16)20-13)9-18-11-7-5-10(6-8-11)15(17)21/h5-8,18H,2-4,9H2,1H3,(H2,17,21)(H,19,20). The Hall–Kier alpha value is -2.01. The SMILES string of the molecule is CCCCc1nc(Cl)c(CNc2ccc(C(N)=O)cc2)[nH]1. The second-order valence-corrected chi connectivity index (χ2v) is 5.21. The Morgan fingerprint density at radius 2 is 2.10 bits per heavy atom. The number of aryl methyl sites for hydroxylation is 1. The number of nitrogens with one attached hydrogen (secondary N) is 2. The van der Waals surface area contributed by atoms with E-state index < -0.39 is 5.91 Å². The molecule has 0 aliphatic rings. The van der Waals surface area contributed by atoms with Crippen molar-refractivity contribution >= 4 is 23.2 Å². The lowest BCUT2D eigenvalue weighted by Crippen LogP contribution is -2.10. The van der Waals surface area contributed by atoms with Gasteiger partial charge in [0.05, 0.1) is 12.2 Å². The Kier molecular flexibility index (Phi) is 5.22. The van der Waals surface area contributed by atoms with Crippen LogP contribution in [-0.2, 0) is 13.0 Å². The highest BCUT2D eigenvalue weighted by Crippen LogP contribution is 2.16. The summed E-state index contributed by atoms with van der Waals surface area (Å²) in [4.78, 5) is 18.5. The zero-order chi connectivity index (χ0) is 15.2. The van der Waals surface area contributed by atoms with E-state index in [9.17, 15) is 4.79 Å². The van der Waals surface area contributed by atoms with Gasteiger partial charge in [0.25, 0.3) is 0 Å². The van der Waals surface area contributed by atoms with E-state index in [1.807, 2.05) is 12.1 Å². The number of rotatable bonds is 7. The van der Waals surface area contributed by atoms with Gasteiger partial charge in [-0.2, -0.15) is 0 Å². The molecule has 0 saturated carbocycles. The molecule has 5 nitrogen and oxygen atoms in total. The number of nitrogens with zero attached hydrogens (tertiary/aromatic N) is 1. The van der Waals surface area contributed by atoms with Crippen molar-refractivity contribution in [3.63, 3.8) is 0 Å². The summed E-state index contributed by atoms with van der Waals surface area (Å²) in [5.74, 6) is 0.487. The molecule has 0 aliphatic carbocycles. The van der Waals surface area contributed by atoms with Crippen LogP contribution >= 0.6 is 11.6 Å². The van der Waals surface area contributed by atoms with Crippen molar-refractivity contribution in [3.8, 4) is 0 Å². The number of aromatic amines is 1. The molecule has 2 rings (SSSR count). The van der Waals surface area contributed by atoms with Gasteiger partial charge in [0, 0.05) is 17.7 Å². The molecule has 1 aromatic heterocycles. The molecule has 2 aromatic rings. The lowest BCUT2D eigenvalue weighted by molar-refractivity contribution is 0.100. The average molecular weight is 307 g/mol. The first-order valence-corrected chi connectivity index (χ1v) is 7.35. The van der Waals surface area contributed by atoms with Crippen LogP contribution in [0.25, 0.3) is 0 Å². The van der Waals surface area contributed by atoms with Crippen LogP contribution < -0.4 is 11.1 Å². The van der Waals surface area contributed by atoms with Crippen molar-refractivity contribution in [1.82, 2.24) is 9.97 Å². The minimum Gasteiger partial charge on any atom is -0.379 e. The van der Waals surface area contributed by atoms with E-state index in [1.165, 1.54) is 0 Å². The van der Waals surface area contributed by atoms with Crippen molar-refractivity contribution in [2.75, 3.05) is 5.32 Å². The van der Waals surface area contributed by atoms with Crippen LogP contribution in [0.4, 0.5) is 5.69 Å². The summed E-state index contributed by atoms with van der Waals surface area (Å²) in [7, 11) is 0. The smallest absolute Gasteiger partial charge is 0.248 e. The van der Waals surface area contributed by atoms with Gasteiger partial charge in [-0.3, -0.25) is 4.79 Å². The molecular weight excluding hydrogens is 288 g/mol. The Labute approximate surface area is 128 Å². The summed E-state index contributed by atoms with van der Waals surface area (Å²) in [5, 5.41) is 3.73. The Balaban J connectivity index is 1.96. The van der Waals surface area contributed by atoms with E-state index in [4.69, 9.17) is 17.3 Å². The Morgan fingerprint density at radius 3 is 2.71 bits per heavy atom. The normalized spacial score (nSPS) is 10.6. The van der Waals surface area contributed by atoms with Gasteiger partial charge < -0.3 is 16.0 Å². The number of amides is 1. The number of H-pyrrole nitrogens is 1. The summed E-state index contributed by atoms with van der Waals surface area (Å²) in [6.07, 6.45) is 3.12. The van der Waals surface area contributed by atoms with Crippen LogP contribution in [-0.4, -0.2) is 15.9 Å². The minimum absolute atomic E-state index is 0.432. The molecule has 0 saturated heterocycles. The van der Waals surface area contributed by atoms with E-state index in [1.54, 1.807) is 12.1 Å². The number of nitrogens with two attached hydrogens (primary N) is 1.